The molecule has 2 rings (SSSR count). The van der Waals surface area contributed by atoms with Gasteiger partial charge in [0.05, 0.1) is 17.2 Å². The Kier molecular flexibility index (Phi) is 3.87. The third-order valence-corrected chi connectivity index (χ3v) is 4.80. The molecule has 0 spiro atoms. The Morgan fingerprint density at radius 3 is 2.60 bits per heavy atom. The molecule has 1 heterocycles. The average Bonchev–Trinajstić information content (AvgIpc) is 2.86. The molecule has 0 amide bonds. The average molecular weight is 294 g/mol. The van der Waals surface area contributed by atoms with Crippen LogP contribution in [0.5, 0.6) is 0 Å². The van der Waals surface area contributed by atoms with E-state index < -0.39 is 16.1 Å². The van der Waals surface area contributed by atoms with Crippen molar-refractivity contribution in [2.45, 2.75) is 31.7 Å². The first kappa shape index (κ1) is 14.6. The Hall–Kier alpha value is -1.79. The van der Waals surface area contributed by atoms with Gasteiger partial charge in [0, 0.05) is 5.69 Å². The molecule has 108 valence electrons. The van der Waals surface area contributed by atoms with Crippen LogP contribution in [0.1, 0.15) is 29.9 Å². The summed E-state index contributed by atoms with van der Waals surface area (Å²) in [5, 5.41) is 0. The van der Waals surface area contributed by atoms with Crippen LogP contribution in [0, 0.1) is 13.8 Å². The lowest BCUT2D eigenvalue weighted by Gasteiger charge is -2.15. The molecule has 1 aromatic heterocycles. The summed E-state index contributed by atoms with van der Waals surface area (Å²) in [4.78, 5) is 0.202. The van der Waals surface area contributed by atoms with E-state index in [-0.39, 0.29) is 4.90 Å². The number of hydrogen-bond acceptors (Lipinski definition) is 4. The molecule has 0 aliphatic carbocycles. The van der Waals surface area contributed by atoms with Gasteiger partial charge in [0.2, 0.25) is 10.0 Å². The fourth-order valence-corrected chi connectivity index (χ4v) is 3.59. The van der Waals surface area contributed by atoms with Crippen LogP contribution in [0.3, 0.4) is 0 Å². The van der Waals surface area contributed by atoms with Gasteiger partial charge in [0.25, 0.3) is 0 Å². The van der Waals surface area contributed by atoms with Crippen LogP contribution >= 0.6 is 0 Å². The first-order valence-corrected chi connectivity index (χ1v) is 7.72. The van der Waals surface area contributed by atoms with Gasteiger partial charge >= 0.3 is 0 Å². The highest BCUT2D eigenvalue weighted by Crippen LogP contribution is 2.24. The van der Waals surface area contributed by atoms with Gasteiger partial charge < -0.3 is 10.2 Å². The van der Waals surface area contributed by atoms with Crippen molar-refractivity contribution in [1.82, 2.24) is 4.72 Å². The highest BCUT2D eigenvalue weighted by Gasteiger charge is 2.22. The van der Waals surface area contributed by atoms with Crippen LogP contribution in [0.25, 0.3) is 0 Å². The van der Waals surface area contributed by atoms with E-state index in [1.165, 1.54) is 6.26 Å². The third kappa shape index (κ3) is 2.86. The first-order chi connectivity index (χ1) is 9.31. The van der Waals surface area contributed by atoms with Gasteiger partial charge in [0.1, 0.15) is 5.76 Å². The SMILES string of the molecule is Cc1cc(N)c(C)c(S(=O)(=O)NC(C)c2ccco2)c1. The first-order valence-electron chi connectivity index (χ1n) is 6.23. The summed E-state index contributed by atoms with van der Waals surface area (Å²) in [6, 6.07) is 6.37. The second-order valence-corrected chi connectivity index (χ2v) is 6.52. The molecule has 0 fully saturated rings. The third-order valence-electron chi connectivity index (χ3n) is 3.14. The Labute approximate surface area is 118 Å². The van der Waals surface area contributed by atoms with Crippen molar-refractivity contribution in [1.29, 1.82) is 0 Å². The van der Waals surface area contributed by atoms with Gasteiger partial charge in [0.15, 0.2) is 0 Å². The maximum atomic E-state index is 12.5. The Morgan fingerprint density at radius 1 is 1.30 bits per heavy atom. The molecule has 1 aromatic carbocycles. The summed E-state index contributed by atoms with van der Waals surface area (Å²) in [5.74, 6) is 0.562. The number of nitrogens with two attached hydrogens (primary N) is 1. The minimum absolute atomic E-state index is 0.202. The molecule has 2 aromatic rings. The molecular formula is C14H18N2O3S. The smallest absolute Gasteiger partial charge is 0.241 e. The van der Waals surface area contributed by atoms with E-state index in [4.69, 9.17) is 10.2 Å². The predicted molar refractivity (Wildman–Crippen MR) is 77.8 cm³/mol. The Balaban J connectivity index is 2.36. The second-order valence-electron chi connectivity index (χ2n) is 4.84. The summed E-state index contributed by atoms with van der Waals surface area (Å²) in [6.45, 7) is 5.23. The molecule has 0 radical (unpaired) electrons. The molecular weight excluding hydrogens is 276 g/mol. The van der Waals surface area contributed by atoms with Crippen LogP contribution in [0.2, 0.25) is 0 Å². The van der Waals surface area contributed by atoms with Crippen molar-refractivity contribution in [2.75, 3.05) is 5.73 Å². The van der Waals surface area contributed by atoms with Crippen LogP contribution in [-0.2, 0) is 10.0 Å². The summed E-state index contributed by atoms with van der Waals surface area (Å²) in [6.07, 6.45) is 1.51. The molecule has 0 saturated heterocycles. The molecule has 1 unspecified atom stereocenters. The van der Waals surface area contributed by atoms with Gasteiger partial charge in [-0.2, -0.15) is 0 Å². The fourth-order valence-electron chi connectivity index (χ4n) is 2.02. The molecule has 6 heteroatoms. The van der Waals surface area contributed by atoms with Gasteiger partial charge in [-0.15, -0.1) is 0 Å². The fraction of sp³-hybridized carbons (Fsp3) is 0.286. The van der Waals surface area contributed by atoms with Crippen molar-refractivity contribution in [3.8, 4) is 0 Å². The zero-order valence-electron chi connectivity index (χ0n) is 11.7. The number of benzene rings is 1. The Bertz CT molecular complexity index is 706. The summed E-state index contributed by atoms with van der Waals surface area (Å²) >= 11 is 0. The van der Waals surface area contributed by atoms with Gasteiger partial charge in [-0.3, -0.25) is 0 Å². The normalized spacial score (nSPS) is 13.3. The second kappa shape index (κ2) is 5.30. The van der Waals surface area contributed by atoms with Gasteiger partial charge in [-0.1, -0.05) is 0 Å². The topological polar surface area (TPSA) is 85.3 Å². The minimum Gasteiger partial charge on any atom is -0.468 e. The number of furan rings is 1. The lowest BCUT2D eigenvalue weighted by Crippen LogP contribution is -2.27. The van der Waals surface area contributed by atoms with E-state index in [0.717, 1.165) is 5.56 Å². The highest BCUT2D eigenvalue weighted by atomic mass is 32.2. The summed E-state index contributed by atoms with van der Waals surface area (Å²) < 4.78 is 32.7. The maximum Gasteiger partial charge on any atom is 0.241 e. The zero-order valence-corrected chi connectivity index (χ0v) is 12.5. The van der Waals surface area contributed by atoms with Crippen LogP contribution in [-0.4, -0.2) is 8.42 Å². The van der Waals surface area contributed by atoms with E-state index in [1.807, 2.05) is 6.92 Å². The highest BCUT2D eigenvalue weighted by molar-refractivity contribution is 7.89. The standard InChI is InChI=1S/C14H18N2O3S/c1-9-7-12(15)10(2)14(8-9)20(17,18)16-11(3)13-5-4-6-19-13/h4-8,11,16H,15H2,1-3H3. The lowest BCUT2D eigenvalue weighted by molar-refractivity contribution is 0.459. The molecule has 0 bridgehead atoms. The van der Waals surface area contributed by atoms with Gasteiger partial charge in [-0.05, 0) is 56.2 Å². The lowest BCUT2D eigenvalue weighted by atomic mass is 10.1. The summed E-state index contributed by atoms with van der Waals surface area (Å²) in [5.41, 5.74) is 7.66. The molecule has 0 aliphatic heterocycles. The van der Waals surface area contributed by atoms with Crippen molar-refractivity contribution in [3.05, 3.63) is 47.4 Å². The number of sulfonamides is 1. The van der Waals surface area contributed by atoms with Crippen LogP contribution in [0.4, 0.5) is 5.69 Å². The zero-order chi connectivity index (χ0) is 14.9. The molecule has 1 atom stereocenters. The molecule has 0 aliphatic rings. The molecule has 20 heavy (non-hydrogen) atoms. The van der Waals surface area contributed by atoms with Crippen molar-refractivity contribution in [3.63, 3.8) is 0 Å². The van der Waals surface area contributed by atoms with E-state index in [1.54, 1.807) is 38.1 Å². The minimum atomic E-state index is -3.65. The number of anilines is 1. The number of rotatable bonds is 4. The molecule has 5 nitrogen and oxygen atoms in total. The number of nitrogen functional groups attached to an aromatic ring is 1. The van der Waals surface area contributed by atoms with E-state index >= 15 is 0 Å². The van der Waals surface area contributed by atoms with Crippen molar-refractivity contribution < 1.29 is 12.8 Å². The van der Waals surface area contributed by atoms with E-state index in [9.17, 15) is 8.42 Å². The number of aryl methyl sites for hydroxylation is 1. The number of hydrogen-bond donors (Lipinski definition) is 2. The molecule has 0 saturated carbocycles. The van der Waals surface area contributed by atoms with Gasteiger partial charge in [-0.25, -0.2) is 13.1 Å². The summed E-state index contributed by atoms with van der Waals surface area (Å²) in [7, 11) is -3.65. The van der Waals surface area contributed by atoms with E-state index in [0.29, 0.717) is 17.0 Å². The van der Waals surface area contributed by atoms with Crippen molar-refractivity contribution in [2.24, 2.45) is 0 Å². The quantitative estimate of drug-likeness (QED) is 0.848. The maximum absolute atomic E-state index is 12.5. The Morgan fingerprint density at radius 2 is 2.00 bits per heavy atom. The van der Waals surface area contributed by atoms with Crippen molar-refractivity contribution >= 4 is 15.7 Å². The number of nitrogens with one attached hydrogen (secondary N) is 1. The predicted octanol–water partition coefficient (Wildman–Crippen LogP) is 2.52. The van der Waals surface area contributed by atoms with Crippen LogP contribution < -0.4 is 10.5 Å². The largest absolute Gasteiger partial charge is 0.468 e. The van der Waals surface area contributed by atoms with Crippen LogP contribution in [0.15, 0.2) is 39.8 Å². The molecule has 3 N–H and O–H groups in total. The van der Waals surface area contributed by atoms with E-state index in [2.05, 4.69) is 4.72 Å². The monoisotopic (exact) mass is 294 g/mol.